The standard InChI is InChI=1S/C55H90O6/c1-4-7-10-13-16-19-21-23-25-27-28-30-31-33-36-39-42-45-48-54(57)60-51-52(50-59-53(56)47-44-41-38-35-18-15-12-9-6-3)61-55(58)49-46-43-40-37-34-32-29-26-24-22-20-17-14-11-8-5-2/h8-9,11-12,17-18,20,24,26,28,30,32,34-35,40,43,52H,4-7,10,13-16,19,21-23,25,27,29,31,33,36-39,41-42,44-51H2,1-3H3/b11-8-,12-9-,20-17-,26-24-,30-28-,34-32-,35-18-,43-40-. The van der Waals surface area contributed by atoms with Crippen LogP contribution in [0.5, 0.6) is 0 Å². The Hall–Kier alpha value is -3.67. The monoisotopic (exact) mass is 847 g/mol. The minimum atomic E-state index is -0.832. The maximum atomic E-state index is 12.7. The molecule has 0 heterocycles. The first-order valence-electron chi connectivity index (χ1n) is 24.7. The molecule has 61 heavy (non-hydrogen) atoms. The van der Waals surface area contributed by atoms with Gasteiger partial charge in [0.1, 0.15) is 13.2 Å². The van der Waals surface area contributed by atoms with Crippen LogP contribution in [0.2, 0.25) is 0 Å². The number of carbonyl (C=O) groups excluding carboxylic acids is 3. The predicted octanol–water partition coefficient (Wildman–Crippen LogP) is 16.2. The normalized spacial score (nSPS) is 12.9. The molecule has 1 unspecified atom stereocenters. The Labute approximate surface area is 375 Å². The first kappa shape index (κ1) is 57.3. The van der Waals surface area contributed by atoms with Gasteiger partial charge in [-0.3, -0.25) is 14.4 Å². The number of ether oxygens (including phenoxy) is 3. The molecule has 0 saturated carbocycles. The van der Waals surface area contributed by atoms with Crippen LogP contribution in [0.25, 0.3) is 0 Å². The van der Waals surface area contributed by atoms with E-state index in [-0.39, 0.29) is 31.6 Å². The van der Waals surface area contributed by atoms with Crippen LogP contribution in [-0.2, 0) is 28.6 Å². The van der Waals surface area contributed by atoms with E-state index in [4.69, 9.17) is 14.2 Å². The molecule has 0 aromatic rings. The number of allylic oxidation sites excluding steroid dienone is 16. The smallest absolute Gasteiger partial charge is 0.306 e. The van der Waals surface area contributed by atoms with Gasteiger partial charge in [-0.25, -0.2) is 0 Å². The molecule has 0 aliphatic heterocycles. The minimum Gasteiger partial charge on any atom is -0.462 e. The molecule has 0 amide bonds. The second-order valence-corrected chi connectivity index (χ2v) is 16.0. The van der Waals surface area contributed by atoms with Gasteiger partial charge in [-0.05, 0) is 103 Å². The molecule has 0 aromatic carbocycles. The Morgan fingerprint density at radius 1 is 0.344 bits per heavy atom. The molecule has 0 aliphatic rings. The number of hydrogen-bond acceptors (Lipinski definition) is 6. The van der Waals surface area contributed by atoms with Gasteiger partial charge in [-0.1, -0.05) is 189 Å². The van der Waals surface area contributed by atoms with Crippen LogP contribution in [0.3, 0.4) is 0 Å². The first-order chi connectivity index (χ1) is 30.0. The third-order valence-corrected chi connectivity index (χ3v) is 10.1. The van der Waals surface area contributed by atoms with Gasteiger partial charge in [0.15, 0.2) is 6.10 Å². The zero-order chi connectivity index (χ0) is 44.4. The summed E-state index contributed by atoms with van der Waals surface area (Å²) in [6.07, 6.45) is 64.2. The van der Waals surface area contributed by atoms with Gasteiger partial charge in [-0.2, -0.15) is 0 Å². The van der Waals surface area contributed by atoms with Gasteiger partial charge >= 0.3 is 17.9 Å². The highest BCUT2D eigenvalue weighted by molar-refractivity contribution is 5.71. The number of rotatable bonds is 43. The highest BCUT2D eigenvalue weighted by atomic mass is 16.6. The van der Waals surface area contributed by atoms with Crippen LogP contribution >= 0.6 is 0 Å². The van der Waals surface area contributed by atoms with Crippen LogP contribution in [-0.4, -0.2) is 37.2 Å². The Balaban J connectivity index is 4.47. The molecule has 0 fully saturated rings. The second-order valence-electron chi connectivity index (χ2n) is 16.0. The summed E-state index contributed by atoms with van der Waals surface area (Å²) >= 11 is 0. The third kappa shape index (κ3) is 47.2. The minimum absolute atomic E-state index is 0.123. The topological polar surface area (TPSA) is 78.9 Å². The average molecular weight is 847 g/mol. The van der Waals surface area contributed by atoms with Crippen LogP contribution in [0.4, 0.5) is 0 Å². The Morgan fingerprint density at radius 2 is 0.672 bits per heavy atom. The molecule has 0 spiro atoms. The van der Waals surface area contributed by atoms with Crippen LogP contribution in [0.1, 0.15) is 213 Å². The van der Waals surface area contributed by atoms with E-state index in [1.54, 1.807) is 0 Å². The largest absolute Gasteiger partial charge is 0.462 e. The summed E-state index contributed by atoms with van der Waals surface area (Å²) in [5, 5.41) is 0. The van der Waals surface area contributed by atoms with Gasteiger partial charge in [0.2, 0.25) is 0 Å². The first-order valence-corrected chi connectivity index (χ1v) is 24.7. The lowest BCUT2D eigenvalue weighted by Gasteiger charge is -2.18. The fourth-order valence-electron chi connectivity index (χ4n) is 6.40. The van der Waals surface area contributed by atoms with Crippen LogP contribution < -0.4 is 0 Å². The van der Waals surface area contributed by atoms with Gasteiger partial charge in [0, 0.05) is 19.3 Å². The van der Waals surface area contributed by atoms with Crippen molar-refractivity contribution >= 4 is 17.9 Å². The molecular formula is C55H90O6. The van der Waals surface area contributed by atoms with Crippen molar-refractivity contribution in [3.63, 3.8) is 0 Å². The SMILES string of the molecule is CC/C=C\C/C=C\C/C=C\C/C=C\C/C=C\CCC(=O)OC(COC(=O)CCCC/C=C\C/C=C\CC)COC(=O)CCCCCCC/C=C\CCCCCCCCCCC. The van der Waals surface area contributed by atoms with Crippen molar-refractivity contribution in [1.29, 1.82) is 0 Å². The number of unbranched alkanes of at least 4 members (excludes halogenated alkanes) is 16. The van der Waals surface area contributed by atoms with E-state index in [0.29, 0.717) is 19.3 Å². The number of esters is 3. The molecule has 0 radical (unpaired) electrons. The highest BCUT2D eigenvalue weighted by Gasteiger charge is 2.19. The van der Waals surface area contributed by atoms with Crippen molar-refractivity contribution in [3.05, 3.63) is 97.2 Å². The summed E-state index contributed by atoms with van der Waals surface area (Å²) < 4.78 is 16.6. The fourth-order valence-corrected chi connectivity index (χ4v) is 6.40. The maximum Gasteiger partial charge on any atom is 0.306 e. The molecule has 0 bridgehead atoms. The van der Waals surface area contributed by atoms with Crippen LogP contribution in [0, 0.1) is 0 Å². The van der Waals surface area contributed by atoms with Crippen molar-refractivity contribution in [1.82, 2.24) is 0 Å². The molecule has 6 nitrogen and oxygen atoms in total. The van der Waals surface area contributed by atoms with Gasteiger partial charge < -0.3 is 14.2 Å². The molecule has 346 valence electrons. The lowest BCUT2D eigenvalue weighted by atomic mass is 10.1. The van der Waals surface area contributed by atoms with E-state index in [0.717, 1.165) is 96.3 Å². The van der Waals surface area contributed by atoms with Crippen molar-refractivity contribution in [2.75, 3.05) is 13.2 Å². The third-order valence-electron chi connectivity index (χ3n) is 10.1. The molecule has 0 N–H and O–H groups in total. The summed E-state index contributed by atoms with van der Waals surface area (Å²) in [6, 6.07) is 0. The number of carbonyl (C=O) groups is 3. The van der Waals surface area contributed by atoms with Gasteiger partial charge in [0.25, 0.3) is 0 Å². The summed E-state index contributed by atoms with van der Waals surface area (Å²) in [5.41, 5.74) is 0. The van der Waals surface area contributed by atoms with Crippen LogP contribution in [0.15, 0.2) is 97.2 Å². The highest BCUT2D eigenvalue weighted by Crippen LogP contribution is 2.13. The maximum absolute atomic E-state index is 12.7. The van der Waals surface area contributed by atoms with E-state index in [2.05, 4.69) is 106 Å². The van der Waals surface area contributed by atoms with E-state index in [1.165, 1.54) is 70.6 Å². The van der Waals surface area contributed by atoms with E-state index in [1.807, 2.05) is 12.2 Å². The summed E-state index contributed by atoms with van der Waals surface area (Å²) in [4.78, 5) is 37.8. The van der Waals surface area contributed by atoms with Crippen molar-refractivity contribution in [2.24, 2.45) is 0 Å². The van der Waals surface area contributed by atoms with Crippen molar-refractivity contribution < 1.29 is 28.6 Å². The zero-order valence-corrected chi connectivity index (χ0v) is 39.4. The van der Waals surface area contributed by atoms with E-state index in [9.17, 15) is 14.4 Å². The predicted molar refractivity (Wildman–Crippen MR) is 260 cm³/mol. The second kappa shape index (κ2) is 49.0. The zero-order valence-electron chi connectivity index (χ0n) is 39.4. The van der Waals surface area contributed by atoms with Crippen molar-refractivity contribution in [2.45, 2.75) is 219 Å². The molecule has 0 aromatic heterocycles. The number of hydrogen-bond donors (Lipinski definition) is 0. The molecular weight excluding hydrogens is 757 g/mol. The molecule has 0 saturated heterocycles. The van der Waals surface area contributed by atoms with E-state index >= 15 is 0 Å². The molecule has 6 heteroatoms. The van der Waals surface area contributed by atoms with Gasteiger partial charge in [0.05, 0.1) is 0 Å². The summed E-state index contributed by atoms with van der Waals surface area (Å²) in [5.74, 6) is -1.06. The summed E-state index contributed by atoms with van der Waals surface area (Å²) in [6.45, 7) is 6.28. The molecule has 0 aliphatic carbocycles. The Morgan fingerprint density at radius 3 is 1.11 bits per heavy atom. The Bertz CT molecular complexity index is 1250. The Kier molecular flexibility index (Phi) is 46.0. The van der Waals surface area contributed by atoms with E-state index < -0.39 is 12.1 Å². The van der Waals surface area contributed by atoms with Crippen molar-refractivity contribution in [3.8, 4) is 0 Å². The molecule has 0 rings (SSSR count). The fraction of sp³-hybridized carbons (Fsp3) is 0.655. The van der Waals surface area contributed by atoms with Gasteiger partial charge in [-0.15, -0.1) is 0 Å². The summed E-state index contributed by atoms with van der Waals surface area (Å²) in [7, 11) is 0. The average Bonchev–Trinajstić information content (AvgIpc) is 3.26. The lowest BCUT2D eigenvalue weighted by Crippen LogP contribution is -2.30. The lowest BCUT2D eigenvalue weighted by molar-refractivity contribution is -0.166. The quantitative estimate of drug-likeness (QED) is 0.0263. The molecule has 1 atom stereocenters.